The third-order valence-electron chi connectivity index (χ3n) is 6.56. The highest BCUT2D eigenvalue weighted by molar-refractivity contribution is 5.81. The summed E-state index contributed by atoms with van der Waals surface area (Å²) in [6.45, 7) is 5.31. The number of nitrogens with one attached hydrogen (secondary N) is 1. The molecule has 4 rings (SSSR count). The number of aromatic nitrogens is 1. The van der Waals surface area contributed by atoms with Crippen molar-refractivity contribution in [3.8, 4) is 11.1 Å². The lowest BCUT2D eigenvalue weighted by Crippen LogP contribution is -2.43. The van der Waals surface area contributed by atoms with Crippen LogP contribution in [0.5, 0.6) is 0 Å². The number of hydrogen-bond acceptors (Lipinski definition) is 4. The van der Waals surface area contributed by atoms with E-state index in [0.717, 1.165) is 39.2 Å². The summed E-state index contributed by atoms with van der Waals surface area (Å²) in [6, 6.07) is 17.0. The molecule has 1 aromatic heterocycles. The number of hydrogen-bond donors (Lipinski definition) is 2. The van der Waals surface area contributed by atoms with Crippen LogP contribution in [0.1, 0.15) is 34.0 Å². The number of fused-ring (bicyclic) bond motifs is 3. The SMILES string of the molecule is COCCn1c(C)cc(CC(NC(=O)OCC2c3ccccc3-c3ccccc32)C(=O)O)c1C. The number of aliphatic carboxylic acids is 1. The Morgan fingerprint density at radius 3 is 2.26 bits per heavy atom. The lowest BCUT2D eigenvalue weighted by Gasteiger charge is -2.18. The van der Waals surface area contributed by atoms with Gasteiger partial charge in [-0.15, -0.1) is 0 Å². The number of nitrogens with zero attached hydrogens (tertiary/aromatic N) is 1. The fraction of sp³-hybridized carbons (Fsp3) is 0.333. The van der Waals surface area contributed by atoms with Crippen molar-refractivity contribution in [2.24, 2.45) is 0 Å². The second-order valence-electron chi connectivity index (χ2n) is 8.61. The van der Waals surface area contributed by atoms with Crippen molar-refractivity contribution in [2.45, 2.75) is 38.8 Å². The van der Waals surface area contributed by atoms with Crippen LogP contribution in [0.4, 0.5) is 4.79 Å². The molecule has 0 bridgehead atoms. The molecular formula is C27H30N2O5. The van der Waals surface area contributed by atoms with Gasteiger partial charge in [0.1, 0.15) is 12.6 Å². The molecular weight excluding hydrogens is 432 g/mol. The van der Waals surface area contributed by atoms with Crippen molar-refractivity contribution in [1.82, 2.24) is 9.88 Å². The first-order valence-corrected chi connectivity index (χ1v) is 11.4. The van der Waals surface area contributed by atoms with E-state index in [2.05, 4.69) is 22.0 Å². The highest BCUT2D eigenvalue weighted by atomic mass is 16.5. The van der Waals surface area contributed by atoms with Gasteiger partial charge in [0.25, 0.3) is 0 Å². The largest absolute Gasteiger partial charge is 0.480 e. The number of carboxylic acids is 1. The van der Waals surface area contributed by atoms with Crippen molar-refractivity contribution in [3.05, 3.63) is 82.7 Å². The molecule has 178 valence electrons. The average molecular weight is 463 g/mol. The fourth-order valence-corrected chi connectivity index (χ4v) is 4.81. The Labute approximate surface area is 199 Å². The van der Waals surface area contributed by atoms with E-state index in [1.165, 1.54) is 0 Å². The molecule has 2 N–H and O–H groups in total. The molecule has 1 aliphatic carbocycles. The number of methoxy groups -OCH3 is 1. The van der Waals surface area contributed by atoms with E-state index in [1.54, 1.807) is 7.11 Å². The molecule has 0 spiro atoms. The number of ether oxygens (including phenoxy) is 2. The zero-order valence-corrected chi connectivity index (χ0v) is 19.7. The number of carbonyl (C=O) groups excluding carboxylic acids is 1. The molecule has 1 aliphatic rings. The second kappa shape index (κ2) is 10.1. The number of amides is 1. The maximum atomic E-state index is 12.6. The van der Waals surface area contributed by atoms with Crippen LogP contribution in [-0.4, -0.2) is 48.1 Å². The summed E-state index contributed by atoms with van der Waals surface area (Å²) in [7, 11) is 1.65. The monoisotopic (exact) mass is 462 g/mol. The molecule has 3 aromatic rings. The van der Waals surface area contributed by atoms with E-state index in [9.17, 15) is 14.7 Å². The van der Waals surface area contributed by atoms with Crippen LogP contribution in [0.3, 0.4) is 0 Å². The predicted octanol–water partition coefficient (Wildman–Crippen LogP) is 4.29. The summed E-state index contributed by atoms with van der Waals surface area (Å²) in [5.74, 6) is -1.18. The number of carbonyl (C=O) groups is 2. The van der Waals surface area contributed by atoms with E-state index in [4.69, 9.17) is 9.47 Å². The van der Waals surface area contributed by atoms with Gasteiger partial charge in [-0.1, -0.05) is 48.5 Å². The third-order valence-corrected chi connectivity index (χ3v) is 6.56. The molecule has 0 saturated heterocycles. The van der Waals surface area contributed by atoms with Crippen LogP contribution in [0.15, 0.2) is 54.6 Å². The normalized spacial score (nSPS) is 13.3. The summed E-state index contributed by atoms with van der Waals surface area (Å²) >= 11 is 0. The minimum Gasteiger partial charge on any atom is -0.480 e. The summed E-state index contributed by atoms with van der Waals surface area (Å²) in [5, 5.41) is 12.3. The highest BCUT2D eigenvalue weighted by Gasteiger charge is 2.30. The van der Waals surface area contributed by atoms with Crippen LogP contribution in [0.2, 0.25) is 0 Å². The van der Waals surface area contributed by atoms with Crippen LogP contribution in [0, 0.1) is 13.8 Å². The summed E-state index contributed by atoms with van der Waals surface area (Å²) in [5.41, 5.74) is 7.35. The molecule has 7 heteroatoms. The van der Waals surface area contributed by atoms with E-state index in [-0.39, 0.29) is 18.9 Å². The minimum absolute atomic E-state index is 0.0823. The predicted molar refractivity (Wildman–Crippen MR) is 129 cm³/mol. The van der Waals surface area contributed by atoms with Gasteiger partial charge in [-0.05, 0) is 47.7 Å². The smallest absolute Gasteiger partial charge is 0.407 e. The maximum Gasteiger partial charge on any atom is 0.407 e. The molecule has 7 nitrogen and oxygen atoms in total. The molecule has 1 heterocycles. The molecule has 0 saturated carbocycles. The van der Waals surface area contributed by atoms with Gasteiger partial charge in [0.05, 0.1) is 6.61 Å². The van der Waals surface area contributed by atoms with E-state index >= 15 is 0 Å². The topological polar surface area (TPSA) is 89.8 Å². The number of benzene rings is 2. The van der Waals surface area contributed by atoms with Gasteiger partial charge < -0.3 is 24.5 Å². The molecule has 1 atom stereocenters. The Bertz CT molecular complexity index is 1150. The number of carboxylic acid groups (broad SMARTS) is 1. The molecule has 34 heavy (non-hydrogen) atoms. The van der Waals surface area contributed by atoms with Gasteiger partial charge in [-0.3, -0.25) is 0 Å². The van der Waals surface area contributed by atoms with Crippen molar-refractivity contribution in [3.63, 3.8) is 0 Å². The molecule has 2 aromatic carbocycles. The Hall–Kier alpha value is -3.58. The zero-order chi connectivity index (χ0) is 24.2. The van der Waals surface area contributed by atoms with E-state index in [0.29, 0.717) is 13.2 Å². The molecule has 0 radical (unpaired) electrons. The first kappa shape index (κ1) is 23.6. The highest BCUT2D eigenvalue weighted by Crippen LogP contribution is 2.44. The standard InChI is InChI=1S/C27H30N2O5/c1-17-14-19(18(2)29(17)12-13-33-3)15-25(26(30)31)28-27(32)34-16-24-22-10-6-4-8-20(22)21-9-5-7-11-23(21)24/h4-11,14,24-25H,12-13,15-16H2,1-3H3,(H,28,32)(H,30,31). The van der Waals surface area contributed by atoms with E-state index in [1.807, 2.05) is 56.3 Å². The summed E-state index contributed by atoms with van der Waals surface area (Å²) in [4.78, 5) is 24.5. The lowest BCUT2D eigenvalue weighted by atomic mass is 9.98. The molecule has 0 fully saturated rings. The Morgan fingerprint density at radius 2 is 1.68 bits per heavy atom. The summed E-state index contributed by atoms with van der Waals surface area (Å²) in [6.07, 6.45) is -0.561. The van der Waals surface area contributed by atoms with Crippen molar-refractivity contribution in [2.75, 3.05) is 20.3 Å². The maximum absolute atomic E-state index is 12.6. The Kier molecular flexibility index (Phi) is 7.03. The van der Waals surface area contributed by atoms with Crippen molar-refractivity contribution < 1.29 is 24.2 Å². The Balaban J connectivity index is 1.42. The van der Waals surface area contributed by atoms with Crippen molar-refractivity contribution in [1.29, 1.82) is 0 Å². The van der Waals surface area contributed by atoms with E-state index < -0.39 is 18.1 Å². The van der Waals surface area contributed by atoms with Crippen molar-refractivity contribution >= 4 is 12.1 Å². The number of aryl methyl sites for hydroxylation is 1. The van der Waals surface area contributed by atoms with Crippen LogP contribution >= 0.6 is 0 Å². The molecule has 1 unspecified atom stereocenters. The first-order valence-electron chi connectivity index (χ1n) is 11.4. The second-order valence-corrected chi connectivity index (χ2v) is 8.61. The summed E-state index contributed by atoms with van der Waals surface area (Å²) < 4.78 is 12.8. The van der Waals surface area contributed by atoms with Gasteiger partial charge in [-0.2, -0.15) is 0 Å². The Morgan fingerprint density at radius 1 is 1.06 bits per heavy atom. The molecule has 0 aliphatic heterocycles. The average Bonchev–Trinajstić information content (AvgIpc) is 3.29. The van der Waals surface area contributed by atoms with Gasteiger partial charge in [0, 0.05) is 37.4 Å². The van der Waals surface area contributed by atoms with Crippen LogP contribution < -0.4 is 5.32 Å². The van der Waals surface area contributed by atoms with Gasteiger partial charge in [0.15, 0.2) is 0 Å². The number of alkyl carbamates (subject to hydrolysis) is 1. The molecule has 1 amide bonds. The fourth-order valence-electron chi connectivity index (χ4n) is 4.81. The van der Waals surface area contributed by atoms with Crippen LogP contribution in [0.25, 0.3) is 11.1 Å². The van der Waals surface area contributed by atoms with Gasteiger partial charge >= 0.3 is 12.1 Å². The van der Waals surface area contributed by atoms with Gasteiger partial charge in [-0.25, -0.2) is 9.59 Å². The minimum atomic E-state index is -1.10. The number of rotatable bonds is 9. The zero-order valence-electron chi connectivity index (χ0n) is 19.7. The van der Waals surface area contributed by atoms with Crippen LogP contribution in [-0.2, 0) is 27.2 Å². The third kappa shape index (κ3) is 4.70. The quantitative estimate of drug-likeness (QED) is 0.495. The first-order chi connectivity index (χ1) is 16.4. The lowest BCUT2D eigenvalue weighted by molar-refractivity contribution is -0.139. The van der Waals surface area contributed by atoms with Gasteiger partial charge in [0.2, 0.25) is 0 Å².